The van der Waals surface area contributed by atoms with Crippen molar-refractivity contribution in [2.45, 2.75) is 104 Å². The van der Waals surface area contributed by atoms with Crippen LogP contribution in [0, 0.1) is 0 Å². The fourth-order valence-corrected chi connectivity index (χ4v) is 5.09. The first-order chi connectivity index (χ1) is 14.9. The van der Waals surface area contributed by atoms with Crippen molar-refractivity contribution in [3.05, 3.63) is 35.0 Å². The van der Waals surface area contributed by atoms with Crippen molar-refractivity contribution in [3.63, 3.8) is 0 Å². The van der Waals surface area contributed by atoms with E-state index in [1.807, 2.05) is 20.8 Å². The van der Waals surface area contributed by atoms with Crippen molar-refractivity contribution < 1.29 is 9.59 Å². The Morgan fingerprint density at radius 3 is 1.87 bits per heavy atom. The van der Waals surface area contributed by atoms with E-state index in [0.717, 1.165) is 5.82 Å². The van der Waals surface area contributed by atoms with Gasteiger partial charge in [0.15, 0.2) is 0 Å². The molecule has 2 saturated carbocycles. The summed E-state index contributed by atoms with van der Waals surface area (Å²) in [6, 6.07) is 1.09. The van der Waals surface area contributed by atoms with Crippen molar-refractivity contribution in [2.75, 3.05) is 6.54 Å². The van der Waals surface area contributed by atoms with Gasteiger partial charge >= 0.3 is 0 Å². The number of amides is 1. The molecule has 0 unspecified atom stereocenters. The molecule has 2 N–H and O–H groups in total. The lowest BCUT2D eigenvalue weighted by molar-refractivity contribution is -0.121. The summed E-state index contributed by atoms with van der Waals surface area (Å²) in [4.78, 5) is 26.4. The van der Waals surface area contributed by atoms with Gasteiger partial charge in [0.2, 0.25) is 0 Å². The second kappa shape index (κ2) is 15.2. The molecule has 176 valence electrons. The van der Waals surface area contributed by atoms with E-state index in [1.54, 1.807) is 6.08 Å². The third-order valence-electron chi connectivity index (χ3n) is 5.75. The zero-order chi connectivity index (χ0) is 23.2. The standard InChI is InChI=1S/C23H37N3O2S.C2H6/c1-5-22(23(28)24-16-17(2)27)29-19(4)25-18(3)26(20-12-8-6-9-13-20)21-14-10-7-11-15-21;1-2/h5,20-21,25H,3-4,6-16H2,1-2H3,(H,24,28);1-2H3/b22-5-;. The molecule has 0 bridgehead atoms. The number of nitrogens with one attached hydrogen (secondary N) is 2. The maximum atomic E-state index is 12.3. The van der Waals surface area contributed by atoms with Crippen LogP contribution in [0.5, 0.6) is 0 Å². The molecule has 2 fully saturated rings. The predicted molar refractivity (Wildman–Crippen MR) is 133 cm³/mol. The Balaban J connectivity index is 0.00000233. The Labute approximate surface area is 194 Å². The highest BCUT2D eigenvalue weighted by Crippen LogP contribution is 2.33. The molecule has 0 aromatic carbocycles. The summed E-state index contributed by atoms with van der Waals surface area (Å²) in [5, 5.41) is 6.69. The number of thioether (sulfide) groups is 1. The van der Waals surface area contributed by atoms with Gasteiger partial charge in [0.05, 0.1) is 22.3 Å². The average molecular weight is 450 g/mol. The number of allylic oxidation sites excluding steroid dienone is 1. The maximum Gasteiger partial charge on any atom is 0.258 e. The number of Topliss-reactive ketones (excluding diaryl/α,β-unsaturated/α-hetero) is 1. The highest BCUT2D eigenvalue weighted by atomic mass is 32.2. The molecule has 1 amide bonds. The number of carbonyl (C=O) groups is 2. The summed E-state index contributed by atoms with van der Waals surface area (Å²) in [6.45, 7) is 15.8. The third kappa shape index (κ3) is 9.55. The number of hydrogen-bond donors (Lipinski definition) is 2. The second-order valence-corrected chi connectivity index (χ2v) is 9.26. The van der Waals surface area contributed by atoms with Crippen LogP contribution >= 0.6 is 11.8 Å². The van der Waals surface area contributed by atoms with Crippen LogP contribution in [0.25, 0.3) is 0 Å². The Bertz CT molecular complexity index is 615. The zero-order valence-corrected chi connectivity index (χ0v) is 20.9. The largest absolute Gasteiger partial charge is 0.353 e. The fraction of sp³-hybridized carbons (Fsp3) is 0.680. The molecule has 0 radical (unpaired) electrons. The van der Waals surface area contributed by atoms with E-state index in [9.17, 15) is 9.59 Å². The van der Waals surface area contributed by atoms with Crippen LogP contribution in [-0.4, -0.2) is 35.2 Å². The topological polar surface area (TPSA) is 61.4 Å². The van der Waals surface area contributed by atoms with Gasteiger partial charge in [-0.3, -0.25) is 9.59 Å². The summed E-state index contributed by atoms with van der Waals surface area (Å²) >= 11 is 1.29. The minimum atomic E-state index is -0.252. The van der Waals surface area contributed by atoms with Crippen LogP contribution in [0.1, 0.15) is 91.9 Å². The SMILES string of the molecule is C=C(NC(=C)N(C1CCCCC1)C1CCCCC1)S/C(=C\C)C(=O)NCC(C)=O.CC. The van der Waals surface area contributed by atoms with E-state index in [1.165, 1.54) is 82.9 Å². The maximum absolute atomic E-state index is 12.3. The van der Waals surface area contributed by atoms with Crippen molar-refractivity contribution in [2.24, 2.45) is 0 Å². The Morgan fingerprint density at radius 1 is 0.968 bits per heavy atom. The van der Waals surface area contributed by atoms with Gasteiger partial charge in [0.1, 0.15) is 5.78 Å². The molecule has 0 atom stereocenters. The summed E-state index contributed by atoms with van der Waals surface area (Å²) < 4.78 is 0. The Morgan fingerprint density at radius 2 is 1.45 bits per heavy atom. The van der Waals surface area contributed by atoms with Crippen molar-refractivity contribution >= 4 is 23.5 Å². The molecule has 0 aromatic heterocycles. The molecular formula is C25H43N3O2S. The molecule has 0 spiro atoms. The lowest BCUT2D eigenvalue weighted by Gasteiger charge is -2.44. The molecule has 5 nitrogen and oxygen atoms in total. The van der Waals surface area contributed by atoms with E-state index >= 15 is 0 Å². The second-order valence-electron chi connectivity index (χ2n) is 8.13. The van der Waals surface area contributed by atoms with E-state index in [4.69, 9.17) is 0 Å². The Kier molecular flexibility index (Phi) is 13.4. The lowest BCUT2D eigenvalue weighted by Crippen LogP contribution is -2.47. The highest BCUT2D eigenvalue weighted by molar-refractivity contribution is 8.07. The van der Waals surface area contributed by atoms with Crippen LogP contribution in [0.2, 0.25) is 0 Å². The van der Waals surface area contributed by atoms with Gasteiger partial charge in [-0.2, -0.15) is 0 Å². The van der Waals surface area contributed by atoms with Crippen molar-refractivity contribution in [3.8, 4) is 0 Å². The Hall–Kier alpha value is -1.69. The fourth-order valence-electron chi connectivity index (χ4n) is 4.37. The van der Waals surface area contributed by atoms with Gasteiger partial charge in [0, 0.05) is 12.1 Å². The molecule has 2 aliphatic rings. The van der Waals surface area contributed by atoms with Gasteiger partial charge in [-0.05, 0) is 39.5 Å². The lowest BCUT2D eigenvalue weighted by atomic mass is 9.88. The average Bonchev–Trinajstić information content (AvgIpc) is 2.78. The van der Waals surface area contributed by atoms with Crippen LogP contribution in [0.3, 0.4) is 0 Å². The summed E-state index contributed by atoms with van der Waals surface area (Å²) in [6.07, 6.45) is 14.5. The molecule has 2 rings (SSSR count). The van der Waals surface area contributed by atoms with E-state index in [-0.39, 0.29) is 18.2 Å². The number of rotatable bonds is 10. The third-order valence-corrected chi connectivity index (χ3v) is 6.74. The molecule has 0 aromatic rings. The zero-order valence-electron chi connectivity index (χ0n) is 20.1. The van der Waals surface area contributed by atoms with E-state index in [2.05, 4.69) is 28.7 Å². The molecule has 0 heterocycles. The first kappa shape index (κ1) is 27.3. The van der Waals surface area contributed by atoms with Crippen LogP contribution in [0.4, 0.5) is 0 Å². The number of hydrogen-bond acceptors (Lipinski definition) is 5. The van der Waals surface area contributed by atoms with Crippen LogP contribution in [0.15, 0.2) is 35.0 Å². The summed E-state index contributed by atoms with van der Waals surface area (Å²) in [5.41, 5.74) is 0. The van der Waals surface area contributed by atoms with Crippen molar-refractivity contribution in [1.82, 2.24) is 15.5 Å². The summed E-state index contributed by atoms with van der Waals surface area (Å²) in [7, 11) is 0. The van der Waals surface area contributed by atoms with Crippen LogP contribution in [-0.2, 0) is 9.59 Å². The number of carbonyl (C=O) groups excluding carboxylic acids is 2. The molecule has 2 aliphatic carbocycles. The number of nitrogens with zero attached hydrogens (tertiary/aromatic N) is 1. The normalized spacial score (nSPS) is 17.7. The van der Waals surface area contributed by atoms with Gasteiger partial charge in [-0.15, -0.1) is 0 Å². The first-order valence-electron chi connectivity index (χ1n) is 12.0. The van der Waals surface area contributed by atoms with Gasteiger partial charge < -0.3 is 15.5 Å². The number of ketones is 1. The predicted octanol–water partition coefficient (Wildman–Crippen LogP) is 5.85. The minimum absolute atomic E-state index is 0.0421. The smallest absolute Gasteiger partial charge is 0.258 e. The first-order valence-corrected chi connectivity index (χ1v) is 12.8. The molecule has 6 heteroatoms. The molecule has 0 aliphatic heterocycles. The quantitative estimate of drug-likeness (QED) is 0.409. The van der Waals surface area contributed by atoms with Crippen LogP contribution < -0.4 is 10.6 Å². The van der Waals surface area contributed by atoms with Gasteiger partial charge in [-0.1, -0.05) is 83.4 Å². The van der Waals surface area contributed by atoms with E-state index in [0.29, 0.717) is 22.0 Å². The highest BCUT2D eigenvalue weighted by Gasteiger charge is 2.30. The molecular weight excluding hydrogens is 406 g/mol. The molecule has 0 saturated heterocycles. The van der Waals surface area contributed by atoms with Crippen molar-refractivity contribution in [1.29, 1.82) is 0 Å². The monoisotopic (exact) mass is 449 g/mol. The summed E-state index contributed by atoms with van der Waals surface area (Å²) in [5.74, 6) is 0.582. The van der Waals surface area contributed by atoms with E-state index < -0.39 is 0 Å². The molecule has 31 heavy (non-hydrogen) atoms. The minimum Gasteiger partial charge on any atom is -0.353 e. The van der Waals surface area contributed by atoms with Gasteiger partial charge in [0.25, 0.3) is 5.91 Å². The van der Waals surface area contributed by atoms with Gasteiger partial charge in [-0.25, -0.2) is 0 Å².